The van der Waals surface area contributed by atoms with Gasteiger partial charge >= 0.3 is 6.09 Å². The predicted molar refractivity (Wildman–Crippen MR) is 109 cm³/mol. The Kier molecular flexibility index (Phi) is 6.69. The zero-order valence-corrected chi connectivity index (χ0v) is 16.5. The number of carbonyl (C=O) groups is 2. The molecule has 3 rings (SSSR count). The van der Waals surface area contributed by atoms with Crippen molar-refractivity contribution in [2.24, 2.45) is 5.92 Å². The van der Waals surface area contributed by atoms with Crippen molar-refractivity contribution in [3.05, 3.63) is 71.3 Å². The SMILES string of the molecule is CC[C@H](NC(=O)OCc1ccccc1)C(=O)NC(C)C1Cc2ccccc2C1. The van der Waals surface area contributed by atoms with Gasteiger partial charge in [-0.15, -0.1) is 0 Å². The molecule has 0 bridgehead atoms. The molecule has 2 atom stereocenters. The highest BCUT2D eigenvalue weighted by molar-refractivity contribution is 5.85. The summed E-state index contributed by atoms with van der Waals surface area (Å²) in [5.41, 5.74) is 3.64. The van der Waals surface area contributed by atoms with Crippen molar-refractivity contribution in [2.45, 2.75) is 51.8 Å². The van der Waals surface area contributed by atoms with E-state index in [1.54, 1.807) is 0 Å². The number of fused-ring (bicyclic) bond motifs is 1. The van der Waals surface area contributed by atoms with Crippen LogP contribution < -0.4 is 10.6 Å². The second-order valence-electron chi connectivity index (χ2n) is 7.40. The highest BCUT2D eigenvalue weighted by Gasteiger charge is 2.29. The number of hydrogen-bond acceptors (Lipinski definition) is 3. The number of ether oxygens (including phenoxy) is 1. The monoisotopic (exact) mass is 380 g/mol. The van der Waals surface area contributed by atoms with E-state index in [9.17, 15) is 9.59 Å². The van der Waals surface area contributed by atoms with E-state index in [1.807, 2.05) is 44.2 Å². The number of rotatable bonds is 7. The van der Waals surface area contributed by atoms with Crippen LogP contribution >= 0.6 is 0 Å². The summed E-state index contributed by atoms with van der Waals surface area (Å²) in [5.74, 6) is 0.214. The Morgan fingerprint density at radius 2 is 1.61 bits per heavy atom. The van der Waals surface area contributed by atoms with E-state index in [2.05, 4.69) is 34.9 Å². The van der Waals surface area contributed by atoms with Gasteiger partial charge in [0.1, 0.15) is 12.6 Å². The normalized spacial score (nSPS) is 15.4. The third-order valence-electron chi connectivity index (χ3n) is 5.39. The molecule has 0 spiro atoms. The van der Waals surface area contributed by atoms with Gasteiger partial charge in [0.25, 0.3) is 0 Å². The molecule has 0 saturated carbocycles. The molecule has 5 heteroatoms. The molecular formula is C23H28N2O3. The van der Waals surface area contributed by atoms with Crippen LogP contribution in [-0.4, -0.2) is 24.1 Å². The van der Waals surface area contributed by atoms with Crippen molar-refractivity contribution in [3.63, 3.8) is 0 Å². The molecule has 2 amide bonds. The number of hydrogen-bond donors (Lipinski definition) is 2. The fourth-order valence-electron chi connectivity index (χ4n) is 3.65. The molecule has 2 aromatic carbocycles. The van der Waals surface area contributed by atoms with Gasteiger partial charge in [0.05, 0.1) is 0 Å². The molecule has 28 heavy (non-hydrogen) atoms. The van der Waals surface area contributed by atoms with Crippen LogP contribution in [0.4, 0.5) is 4.79 Å². The fraction of sp³-hybridized carbons (Fsp3) is 0.391. The Morgan fingerprint density at radius 3 is 2.21 bits per heavy atom. The topological polar surface area (TPSA) is 67.4 Å². The van der Waals surface area contributed by atoms with Gasteiger partial charge in [0.15, 0.2) is 0 Å². The van der Waals surface area contributed by atoms with Crippen LogP contribution in [-0.2, 0) is 29.0 Å². The Bertz CT molecular complexity index is 782. The molecule has 0 aliphatic heterocycles. The molecule has 148 valence electrons. The first-order chi connectivity index (χ1) is 13.6. The van der Waals surface area contributed by atoms with Gasteiger partial charge in [-0.2, -0.15) is 0 Å². The van der Waals surface area contributed by atoms with Gasteiger partial charge in [-0.25, -0.2) is 4.79 Å². The van der Waals surface area contributed by atoms with E-state index in [-0.39, 0.29) is 18.6 Å². The van der Waals surface area contributed by atoms with Gasteiger partial charge in [-0.3, -0.25) is 4.79 Å². The van der Waals surface area contributed by atoms with Crippen LogP contribution in [0.1, 0.15) is 37.0 Å². The highest BCUT2D eigenvalue weighted by Crippen LogP contribution is 2.28. The summed E-state index contributed by atoms with van der Waals surface area (Å²) in [4.78, 5) is 24.7. The maximum Gasteiger partial charge on any atom is 0.408 e. The molecule has 1 unspecified atom stereocenters. The van der Waals surface area contributed by atoms with Crippen molar-refractivity contribution >= 4 is 12.0 Å². The van der Waals surface area contributed by atoms with E-state index >= 15 is 0 Å². The van der Waals surface area contributed by atoms with Gasteiger partial charge in [-0.1, -0.05) is 61.5 Å². The average Bonchev–Trinajstić information content (AvgIpc) is 3.15. The minimum Gasteiger partial charge on any atom is -0.445 e. The fourth-order valence-corrected chi connectivity index (χ4v) is 3.65. The van der Waals surface area contributed by atoms with Crippen LogP contribution in [0, 0.1) is 5.92 Å². The zero-order valence-electron chi connectivity index (χ0n) is 16.5. The highest BCUT2D eigenvalue weighted by atomic mass is 16.5. The van der Waals surface area contributed by atoms with Gasteiger partial charge in [0.2, 0.25) is 5.91 Å². The summed E-state index contributed by atoms with van der Waals surface area (Å²) in [6.45, 7) is 4.09. The Morgan fingerprint density at radius 1 is 1.00 bits per heavy atom. The third-order valence-corrected chi connectivity index (χ3v) is 5.39. The Balaban J connectivity index is 1.47. The van der Waals surface area contributed by atoms with Crippen molar-refractivity contribution in [3.8, 4) is 0 Å². The molecule has 1 aliphatic carbocycles. The number of alkyl carbamates (subject to hydrolysis) is 1. The van der Waals surface area contributed by atoms with E-state index in [0.29, 0.717) is 12.3 Å². The molecule has 2 N–H and O–H groups in total. The van der Waals surface area contributed by atoms with Crippen LogP contribution in [0.2, 0.25) is 0 Å². The van der Waals surface area contributed by atoms with Gasteiger partial charge in [0, 0.05) is 6.04 Å². The van der Waals surface area contributed by atoms with Crippen LogP contribution in [0.25, 0.3) is 0 Å². The number of amides is 2. The zero-order chi connectivity index (χ0) is 19.9. The average molecular weight is 380 g/mol. The van der Waals surface area contributed by atoms with Crippen LogP contribution in [0.15, 0.2) is 54.6 Å². The lowest BCUT2D eigenvalue weighted by Gasteiger charge is -2.24. The van der Waals surface area contributed by atoms with E-state index in [4.69, 9.17) is 4.74 Å². The number of carbonyl (C=O) groups excluding carboxylic acids is 2. The lowest BCUT2D eigenvalue weighted by molar-refractivity contribution is -0.124. The van der Waals surface area contributed by atoms with E-state index in [0.717, 1.165) is 18.4 Å². The van der Waals surface area contributed by atoms with Crippen molar-refractivity contribution in [1.29, 1.82) is 0 Å². The standard InChI is InChI=1S/C23H28N2O3/c1-3-21(25-23(27)28-15-17-9-5-4-6-10-17)22(26)24-16(2)20-13-18-11-7-8-12-19(18)14-20/h4-12,16,20-21H,3,13-15H2,1-2H3,(H,24,26)(H,25,27)/t16?,21-/m0/s1. The first kappa shape index (κ1) is 19.9. The lowest BCUT2D eigenvalue weighted by atomic mass is 9.97. The molecular weight excluding hydrogens is 352 g/mol. The summed E-state index contributed by atoms with van der Waals surface area (Å²) in [6, 6.07) is 17.3. The largest absolute Gasteiger partial charge is 0.445 e. The molecule has 5 nitrogen and oxygen atoms in total. The maximum absolute atomic E-state index is 12.6. The second-order valence-corrected chi connectivity index (χ2v) is 7.40. The van der Waals surface area contributed by atoms with Crippen molar-refractivity contribution in [1.82, 2.24) is 10.6 Å². The van der Waals surface area contributed by atoms with Crippen molar-refractivity contribution < 1.29 is 14.3 Å². The first-order valence-corrected chi connectivity index (χ1v) is 9.91. The summed E-state index contributed by atoms with van der Waals surface area (Å²) in [6.07, 6.45) is 1.87. The van der Waals surface area contributed by atoms with E-state index in [1.165, 1.54) is 11.1 Å². The summed E-state index contributed by atoms with van der Waals surface area (Å²) in [7, 11) is 0. The Hall–Kier alpha value is -2.82. The summed E-state index contributed by atoms with van der Waals surface area (Å²) < 4.78 is 5.23. The summed E-state index contributed by atoms with van der Waals surface area (Å²) >= 11 is 0. The molecule has 1 aliphatic rings. The van der Waals surface area contributed by atoms with Gasteiger partial charge in [-0.05, 0) is 48.8 Å². The predicted octanol–water partition coefficient (Wildman–Crippen LogP) is 3.61. The molecule has 0 saturated heterocycles. The minimum atomic E-state index is -0.602. The van der Waals surface area contributed by atoms with E-state index < -0.39 is 12.1 Å². The number of nitrogens with one attached hydrogen (secondary N) is 2. The molecule has 0 aromatic heterocycles. The second kappa shape index (κ2) is 9.40. The maximum atomic E-state index is 12.6. The van der Waals surface area contributed by atoms with Crippen LogP contribution in [0.3, 0.4) is 0 Å². The molecule has 0 fully saturated rings. The molecule has 0 radical (unpaired) electrons. The summed E-state index contributed by atoms with van der Waals surface area (Å²) in [5, 5.41) is 5.75. The number of benzene rings is 2. The smallest absolute Gasteiger partial charge is 0.408 e. The van der Waals surface area contributed by atoms with Crippen LogP contribution in [0.5, 0.6) is 0 Å². The third kappa shape index (κ3) is 5.12. The molecule has 2 aromatic rings. The molecule has 0 heterocycles. The van der Waals surface area contributed by atoms with Crippen molar-refractivity contribution in [2.75, 3.05) is 0 Å². The minimum absolute atomic E-state index is 0.0380. The van der Waals surface area contributed by atoms with Gasteiger partial charge < -0.3 is 15.4 Å². The Labute approximate surface area is 166 Å². The lowest BCUT2D eigenvalue weighted by Crippen LogP contribution is -2.50. The first-order valence-electron chi connectivity index (χ1n) is 9.91. The quantitative estimate of drug-likeness (QED) is 0.771.